The van der Waals surface area contributed by atoms with Crippen molar-refractivity contribution in [2.45, 2.75) is 19.6 Å². The van der Waals surface area contributed by atoms with Crippen LogP contribution in [0.15, 0.2) is 42.9 Å². The van der Waals surface area contributed by atoms with Crippen molar-refractivity contribution >= 4 is 0 Å². The maximum Gasteiger partial charge on any atom is 0.416 e. The largest absolute Gasteiger partial charge is 0.416 e. The average Bonchev–Trinajstić information content (AvgIpc) is 3.15. The van der Waals surface area contributed by atoms with E-state index in [1.54, 1.807) is 16.9 Å². The summed E-state index contributed by atoms with van der Waals surface area (Å²) in [5.74, 6) is 0.479. The molecule has 2 heterocycles. The lowest BCUT2D eigenvalue weighted by molar-refractivity contribution is -0.137. The first-order valence-corrected chi connectivity index (χ1v) is 6.60. The molecule has 0 atom stereocenters. The van der Waals surface area contributed by atoms with Gasteiger partial charge in [0.15, 0.2) is 5.82 Å². The molecule has 0 saturated carbocycles. The van der Waals surface area contributed by atoms with Crippen LogP contribution >= 0.6 is 0 Å². The van der Waals surface area contributed by atoms with E-state index in [0.717, 1.165) is 12.1 Å². The second-order valence-corrected chi connectivity index (χ2v) is 4.60. The van der Waals surface area contributed by atoms with Crippen molar-refractivity contribution in [1.29, 1.82) is 0 Å². The molecule has 0 N–H and O–H groups in total. The van der Waals surface area contributed by atoms with Crippen molar-refractivity contribution in [2.75, 3.05) is 0 Å². The Labute approximate surface area is 124 Å². The lowest BCUT2D eigenvalue weighted by Crippen LogP contribution is -2.06. The molecule has 0 aliphatic rings. The van der Waals surface area contributed by atoms with E-state index in [4.69, 9.17) is 0 Å². The molecule has 0 amide bonds. The van der Waals surface area contributed by atoms with Gasteiger partial charge in [0.05, 0.1) is 11.3 Å². The standard InChI is InChI=1S/C14H12F3N5/c1-2-21-8-7-12(20-21)13-18-9-19-22(13)11-5-3-10(4-6-11)14(15,16)17/h3-9H,2H2,1H3. The van der Waals surface area contributed by atoms with Gasteiger partial charge in [-0.15, -0.1) is 0 Å². The molecule has 0 radical (unpaired) electrons. The van der Waals surface area contributed by atoms with E-state index in [1.165, 1.54) is 23.1 Å². The quantitative estimate of drug-likeness (QED) is 0.747. The molecule has 22 heavy (non-hydrogen) atoms. The first-order valence-electron chi connectivity index (χ1n) is 6.60. The molecule has 3 aromatic rings. The van der Waals surface area contributed by atoms with Crippen LogP contribution in [-0.4, -0.2) is 24.5 Å². The zero-order chi connectivity index (χ0) is 15.7. The zero-order valence-corrected chi connectivity index (χ0v) is 11.6. The molecule has 3 rings (SSSR count). The zero-order valence-electron chi connectivity index (χ0n) is 11.6. The molecule has 0 fully saturated rings. The third kappa shape index (κ3) is 2.59. The molecule has 5 nitrogen and oxygen atoms in total. The van der Waals surface area contributed by atoms with Crippen LogP contribution in [-0.2, 0) is 12.7 Å². The summed E-state index contributed by atoms with van der Waals surface area (Å²) < 4.78 is 41.0. The van der Waals surface area contributed by atoms with Crippen molar-refractivity contribution in [3.05, 3.63) is 48.4 Å². The predicted molar refractivity (Wildman–Crippen MR) is 73.3 cm³/mol. The topological polar surface area (TPSA) is 48.5 Å². The fraction of sp³-hybridized carbons (Fsp3) is 0.214. The summed E-state index contributed by atoms with van der Waals surface area (Å²) in [6, 6.07) is 6.54. The molecule has 0 aliphatic heterocycles. The van der Waals surface area contributed by atoms with E-state index in [9.17, 15) is 13.2 Å². The number of rotatable bonds is 3. The highest BCUT2D eigenvalue weighted by Crippen LogP contribution is 2.30. The predicted octanol–water partition coefficient (Wildman–Crippen LogP) is 3.17. The van der Waals surface area contributed by atoms with E-state index in [0.29, 0.717) is 23.8 Å². The van der Waals surface area contributed by atoms with Crippen molar-refractivity contribution in [1.82, 2.24) is 24.5 Å². The Morgan fingerprint density at radius 1 is 1.09 bits per heavy atom. The number of alkyl halides is 3. The number of nitrogens with zero attached hydrogens (tertiary/aromatic N) is 5. The average molecular weight is 307 g/mol. The van der Waals surface area contributed by atoms with Gasteiger partial charge < -0.3 is 0 Å². The van der Waals surface area contributed by atoms with Crippen LogP contribution in [0.5, 0.6) is 0 Å². The van der Waals surface area contributed by atoms with Gasteiger partial charge in [-0.3, -0.25) is 4.68 Å². The lowest BCUT2D eigenvalue weighted by Gasteiger charge is -2.08. The van der Waals surface area contributed by atoms with Gasteiger partial charge in [0.25, 0.3) is 0 Å². The molecular weight excluding hydrogens is 295 g/mol. The molecule has 0 saturated heterocycles. The highest BCUT2D eigenvalue weighted by molar-refractivity contribution is 5.52. The van der Waals surface area contributed by atoms with Gasteiger partial charge in [0, 0.05) is 12.7 Å². The highest BCUT2D eigenvalue weighted by Gasteiger charge is 2.30. The van der Waals surface area contributed by atoms with Crippen molar-refractivity contribution < 1.29 is 13.2 Å². The molecule has 0 aliphatic carbocycles. The van der Waals surface area contributed by atoms with Crippen LogP contribution in [0.3, 0.4) is 0 Å². The van der Waals surface area contributed by atoms with Gasteiger partial charge in [0.2, 0.25) is 0 Å². The van der Waals surface area contributed by atoms with Crippen LogP contribution in [0.4, 0.5) is 13.2 Å². The van der Waals surface area contributed by atoms with Crippen LogP contribution in [0, 0.1) is 0 Å². The van der Waals surface area contributed by atoms with Crippen LogP contribution in [0.1, 0.15) is 12.5 Å². The monoisotopic (exact) mass is 307 g/mol. The summed E-state index contributed by atoms with van der Waals surface area (Å²) in [4.78, 5) is 4.14. The van der Waals surface area contributed by atoms with Crippen LogP contribution in [0.25, 0.3) is 17.2 Å². The number of hydrogen-bond donors (Lipinski definition) is 0. The fourth-order valence-corrected chi connectivity index (χ4v) is 2.05. The minimum absolute atomic E-state index is 0.479. The SMILES string of the molecule is CCn1ccc(-c2ncnn2-c2ccc(C(F)(F)F)cc2)n1. The summed E-state index contributed by atoms with van der Waals surface area (Å²) in [5.41, 5.74) is 0.402. The van der Waals surface area contributed by atoms with Gasteiger partial charge in [-0.05, 0) is 37.3 Å². The number of benzene rings is 1. The van der Waals surface area contributed by atoms with E-state index in [1.807, 2.05) is 6.92 Å². The Hall–Kier alpha value is -2.64. The second-order valence-electron chi connectivity index (χ2n) is 4.60. The first kappa shape index (κ1) is 14.3. The summed E-state index contributed by atoms with van der Waals surface area (Å²) in [7, 11) is 0. The van der Waals surface area contributed by atoms with Crippen LogP contribution < -0.4 is 0 Å². The van der Waals surface area contributed by atoms with Gasteiger partial charge >= 0.3 is 6.18 Å². The molecule has 1 aromatic carbocycles. The molecule has 114 valence electrons. The maximum absolute atomic E-state index is 12.6. The maximum atomic E-state index is 12.6. The van der Waals surface area contributed by atoms with E-state index < -0.39 is 11.7 Å². The third-order valence-electron chi connectivity index (χ3n) is 3.18. The van der Waals surface area contributed by atoms with Crippen molar-refractivity contribution in [3.8, 4) is 17.2 Å². The smallest absolute Gasteiger partial charge is 0.272 e. The van der Waals surface area contributed by atoms with Gasteiger partial charge in [-0.1, -0.05) is 0 Å². The second kappa shape index (κ2) is 5.28. The summed E-state index contributed by atoms with van der Waals surface area (Å²) in [5, 5.41) is 8.39. The Kier molecular flexibility index (Phi) is 3.44. The Balaban J connectivity index is 1.98. The summed E-state index contributed by atoms with van der Waals surface area (Å²) in [6.07, 6.45) is -1.21. The fourth-order valence-electron chi connectivity index (χ4n) is 2.05. The number of halogens is 3. The minimum Gasteiger partial charge on any atom is -0.272 e. The van der Waals surface area contributed by atoms with Gasteiger partial charge in [-0.25, -0.2) is 9.67 Å². The number of aromatic nitrogens is 5. The Morgan fingerprint density at radius 2 is 1.82 bits per heavy atom. The normalized spacial score (nSPS) is 11.8. The third-order valence-corrected chi connectivity index (χ3v) is 3.18. The lowest BCUT2D eigenvalue weighted by atomic mass is 10.2. The Bertz CT molecular complexity index is 770. The van der Waals surface area contributed by atoms with Gasteiger partial charge in [0.1, 0.15) is 12.0 Å². The highest BCUT2D eigenvalue weighted by atomic mass is 19.4. The first-order chi connectivity index (χ1) is 10.5. The molecule has 0 unspecified atom stereocenters. The van der Waals surface area contributed by atoms with Crippen LogP contribution in [0.2, 0.25) is 0 Å². The molecular formula is C14H12F3N5. The van der Waals surface area contributed by atoms with E-state index in [-0.39, 0.29) is 0 Å². The Morgan fingerprint density at radius 3 is 2.41 bits per heavy atom. The summed E-state index contributed by atoms with van der Waals surface area (Å²) in [6.45, 7) is 2.67. The number of hydrogen-bond acceptors (Lipinski definition) is 3. The van der Waals surface area contributed by atoms with Crippen molar-refractivity contribution in [2.24, 2.45) is 0 Å². The molecule has 8 heteroatoms. The minimum atomic E-state index is -4.36. The number of aryl methyl sites for hydroxylation is 1. The van der Waals surface area contributed by atoms with E-state index in [2.05, 4.69) is 15.2 Å². The molecule has 2 aromatic heterocycles. The summed E-state index contributed by atoms with van der Waals surface area (Å²) >= 11 is 0. The van der Waals surface area contributed by atoms with E-state index >= 15 is 0 Å². The molecule has 0 bridgehead atoms. The molecule has 0 spiro atoms. The van der Waals surface area contributed by atoms with Gasteiger partial charge in [-0.2, -0.15) is 23.4 Å². The van der Waals surface area contributed by atoms with Crippen molar-refractivity contribution in [3.63, 3.8) is 0 Å².